The number of para-hydroxylation sites is 2. The first-order valence-electron chi connectivity index (χ1n) is 35.0. The minimum absolute atomic E-state index is 0.135. The fourth-order valence-corrected chi connectivity index (χ4v) is 9.05. The summed E-state index contributed by atoms with van der Waals surface area (Å²) in [4.78, 5) is 153. The number of azo groups is 1. The van der Waals surface area contributed by atoms with Gasteiger partial charge in [0.15, 0.2) is 0 Å². The van der Waals surface area contributed by atoms with Crippen LogP contribution in [-0.4, -0.2) is 155 Å². The molecule has 562 valence electrons. The molecule has 8 heterocycles. The molecule has 7 aromatic rings. The smallest absolute Gasteiger partial charge is 0.409 e. The molecule has 0 saturated carbocycles. The van der Waals surface area contributed by atoms with Gasteiger partial charge in [0, 0.05) is 104 Å². The Morgan fingerprint density at radius 3 is 1.12 bits per heavy atom. The van der Waals surface area contributed by atoms with Crippen LogP contribution in [0.2, 0.25) is 0 Å². The van der Waals surface area contributed by atoms with Crippen LogP contribution >= 0.6 is 0 Å². The van der Waals surface area contributed by atoms with Crippen LogP contribution in [0, 0.1) is 0 Å². The van der Waals surface area contributed by atoms with Gasteiger partial charge in [-0.15, -0.1) is 0 Å². The molecule has 0 unspecified atom stereocenters. The highest BCUT2D eigenvalue weighted by molar-refractivity contribution is 6.21. The number of benzene rings is 6. The Morgan fingerprint density at radius 1 is 0.327 bits per heavy atom. The third-order valence-corrected chi connectivity index (χ3v) is 14.4. The summed E-state index contributed by atoms with van der Waals surface area (Å²) in [5.74, 6) is -1.40. The van der Waals surface area contributed by atoms with Gasteiger partial charge in [-0.1, -0.05) is 218 Å². The van der Waals surface area contributed by atoms with E-state index < -0.39 is 17.8 Å². The SMILES string of the molecule is CC.CC.CC.CC.CC.CC.CC.CC.CN1C(=O)C=CC1=O.CN1C(=O)Cc2ccccc21.CN1C(=O)Cc2ccccc2C1=O.CN1C(=O)N=NC1=O.CN1C(=O)c2ccccc2C1=O.CN1CCc2ccccc2C1=O.CN1Cc2ccccc2C1=O.Cn1c(=O)oc2ccccc2c1=O. The van der Waals surface area contributed by atoms with Gasteiger partial charge in [-0.2, -0.15) is 0 Å². The van der Waals surface area contributed by atoms with Crippen LogP contribution in [0.5, 0.6) is 0 Å². The molecule has 0 fully saturated rings. The number of anilines is 1. The number of carbonyl (C=O) groups excluding carboxylic acids is 11. The third kappa shape index (κ3) is 26.5. The number of likely N-dealkylation sites (N-methyl/N-ethyl adjacent to an activating group) is 4. The maximum atomic E-state index is 11.5. The highest BCUT2D eigenvalue weighted by Crippen LogP contribution is 2.27. The molecule has 0 radical (unpaired) electrons. The van der Waals surface area contributed by atoms with E-state index in [4.69, 9.17) is 4.42 Å². The molecule has 0 aliphatic carbocycles. The average molecular weight is 1430 g/mol. The minimum atomic E-state index is -0.635. The van der Waals surface area contributed by atoms with Crippen LogP contribution < -0.4 is 16.2 Å². The summed E-state index contributed by atoms with van der Waals surface area (Å²) in [5, 5.41) is 6.34. The van der Waals surface area contributed by atoms with Crippen molar-refractivity contribution in [2.24, 2.45) is 17.3 Å². The van der Waals surface area contributed by atoms with Crippen molar-refractivity contribution in [2.75, 3.05) is 60.8 Å². The molecule has 7 aliphatic rings. The second-order valence-electron chi connectivity index (χ2n) is 20.1. The molecule has 13 amide bonds. The van der Waals surface area contributed by atoms with Crippen LogP contribution in [0.25, 0.3) is 11.0 Å². The van der Waals surface area contributed by atoms with Gasteiger partial charge in [0.05, 0.1) is 29.4 Å². The second kappa shape index (κ2) is 50.8. The maximum Gasteiger partial charge on any atom is 0.422 e. The number of amides is 13. The molecule has 0 saturated heterocycles. The van der Waals surface area contributed by atoms with Crippen LogP contribution in [0.4, 0.5) is 15.3 Å². The van der Waals surface area contributed by atoms with Crippen molar-refractivity contribution < 1.29 is 57.2 Å². The summed E-state index contributed by atoms with van der Waals surface area (Å²) in [6.07, 6.45) is 4.38. The molecule has 6 aromatic carbocycles. The van der Waals surface area contributed by atoms with Crippen LogP contribution in [0.3, 0.4) is 0 Å². The van der Waals surface area contributed by atoms with Gasteiger partial charge >= 0.3 is 17.8 Å². The maximum absolute atomic E-state index is 11.5. The van der Waals surface area contributed by atoms with Crippen molar-refractivity contribution in [1.82, 2.24) is 34.0 Å². The number of nitrogens with zero attached hydrogens (tertiary/aromatic N) is 10. The number of fused-ring (bicyclic) bond motifs is 6. The summed E-state index contributed by atoms with van der Waals surface area (Å²) in [7, 11) is 12.6. The predicted molar refractivity (Wildman–Crippen MR) is 412 cm³/mol. The quantitative estimate of drug-likeness (QED) is 0.128. The number of rotatable bonds is 0. The number of imide groups is 4. The molecular weight excluding hydrogens is 1320 g/mol. The van der Waals surface area contributed by atoms with E-state index in [1.54, 1.807) is 75.4 Å². The first kappa shape index (κ1) is 94.6. The van der Waals surface area contributed by atoms with Crippen molar-refractivity contribution in [3.05, 3.63) is 229 Å². The number of carbonyl (C=O) groups is 11. The fourth-order valence-electron chi connectivity index (χ4n) is 9.05. The molecular formula is C80H108N10O14. The van der Waals surface area contributed by atoms with Gasteiger partial charge in [-0.25, -0.2) is 23.9 Å². The number of urea groups is 2. The molecule has 7 aliphatic heterocycles. The summed E-state index contributed by atoms with van der Waals surface area (Å²) in [6, 6.07) is 42.9. The van der Waals surface area contributed by atoms with Crippen LogP contribution in [0.15, 0.2) is 182 Å². The highest BCUT2D eigenvalue weighted by Gasteiger charge is 2.32. The molecule has 104 heavy (non-hydrogen) atoms. The van der Waals surface area contributed by atoms with Gasteiger partial charge < -0.3 is 19.1 Å². The molecule has 0 bridgehead atoms. The van der Waals surface area contributed by atoms with E-state index in [2.05, 4.69) is 10.2 Å². The number of hydrogen-bond donors (Lipinski definition) is 0. The lowest BCUT2D eigenvalue weighted by Gasteiger charge is -2.24. The molecule has 1 aromatic heterocycles. The second-order valence-corrected chi connectivity index (χ2v) is 20.1. The first-order valence-corrected chi connectivity index (χ1v) is 35.0. The van der Waals surface area contributed by atoms with Crippen LogP contribution in [-0.2, 0) is 52.0 Å². The lowest BCUT2D eigenvalue weighted by molar-refractivity contribution is -0.135. The van der Waals surface area contributed by atoms with E-state index in [1.807, 2.05) is 217 Å². The monoisotopic (exact) mass is 1430 g/mol. The topological polar surface area (TPSA) is 287 Å². The Kier molecular flexibility index (Phi) is 46.2. The average Bonchev–Trinajstić information content (AvgIpc) is 1.77. The minimum Gasteiger partial charge on any atom is -0.409 e. The van der Waals surface area contributed by atoms with E-state index >= 15 is 0 Å². The number of hydrogen-bond acceptors (Lipinski definition) is 14. The Balaban J connectivity index is 0. The van der Waals surface area contributed by atoms with Crippen molar-refractivity contribution in [3.8, 4) is 0 Å². The molecule has 14 rings (SSSR count). The van der Waals surface area contributed by atoms with E-state index in [1.165, 1.54) is 57.9 Å². The number of aromatic nitrogens is 1. The lowest BCUT2D eigenvalue weighted by Crippen LogP contribution is -2.39. The zero-order chi connectivity index (χ0) is 80.1. The van der Waals surface area contributed by atoms with Gasteiger partial charge in [-0.05, 0) is 77.2 Å². The zero-order valence-electron chi connectivity index (χ0n) is 65.2. The van der Waals surface area contributed by atoms with Crippen LogP contribution in [0.1, 0.15) is 185 Å². The predicted octanol–water partition coefficient (Wildman–Crippen LogP) is 14.4. The zero-order valence-corrected chi connectivity index (χ0v) is 65.2. The first-order chi connectivity index (χ1) is 49.9. The Bertz CT molecular complexity index is 4040. The highest BCUT2D eigenvalue weighted by atomic mass is 16.4. The van der Waals surface area contributed by atoms with Crippen molar-refractivity contribution in [3.63, 3.8) is 0 Å². The summed E-state index contributed by atoms with van der Waals surface area (Å²) in [5.41, 5.74) is 8.72. The Labute approximate surface area is 613 Å². The van der Waals surface area contributed by atoms with E-state index in [-0.39, 0.29) is 58.7 Å². The Morgan fingerprint density at radius 2 is 0.683 bits per heavy atom. The van der Waals surface area contributed by atoms with Crippen molar-refractivity contribution in [2.45, 2.75) is 137 Å². The standard InChI is InChI=1S/C10H9NO2.C10H11NO.C9H7NO3.C9H7NO2.2C9H9NO.C5H5NO2.C3H3N3O2.8C2H6/c1-11-9(12)6-7-4-2-3-5-8(7)10(11)13;1-11-7-6-8-4-2-3-5-9(8)10(11)12;1-10-8(11)6-4-2-3-5-7(6)13-9(10)12;1-10-8(11)6-4-2-3-5-7(6)9(10)12;1-10-6-7-4-2-3-5-8(7)9(10)11;1-10-8-5-3-2-4-7(8)6-9(10)11;1-6-4(7)2-3-5(6)8;1-6-2(7)4-5-3(6)8;8*1-2/h2-5H,6H2,1H3;2-5H,6-7H2,1H3;2-5H,1H3;2-5H,1H3;2*2-5H,6H2,1H3;2-3H,1H3;1H3;8*1-2H3. The Hall–Kier alpha value is -11.4. The summed E-state index contributed by atoms with van der Waals surface area (Å²) >= 11 is 0. The van der Waals surface area contributed by atoms with E-state index in [0.717, 1.165) is 72.3 Å². The van der Waals surface area contributed by atoms with Gasteiger partial charge in [0.1, 0.15) is 5.58 Å². The summed E-state index contributed by atoms with van der Waals surface area (Å²) < 4.78 is 5.83. The molecule has 0 N–H and O–H groups in total. The third-order valence-electron chi connectivity index (χ3n) is 14.4. The molecule has 24 heteroatoms. The molecule has 0 spiro atoms. The lowest BCUT2D eigenvalue weighted by atomic mass is 9.99. The van der Waals surface area contributed by atoms with Gasteiger partial charge in [0.2, 0.25) is 11.8 Å². The fraction of sp³-hybridized carbons (Fsp3) is 0.362. The van der Waals surface area contributed by atoms with Crippen molar-refractivity contribution in [1.29, 1.82) is 0 Å². The van der Waals surface area contributed by atoms with Gasteiger partial charge in [-0.3, -0.25) is 62.6 Å². The van der Waals surface area contributed by atoms with E-state index in [0.29, 0.717) is 40.5 Å². The molecule has 24 nitrogen and oxygen atoms in total. The van der Waals surface area contributed by atoms with Gasteiger partial charge in [0.25, 0.3) is 46.9 Å². The largest absolute Gasteiger partial charge is 0.422 e. The van der Waals surface area contributed by atoms with Crippen molar-refractivity contribution >= 4 is 81.9 Å². The molecule has 0 atom stereocenters. The normalized spacial score (nSPS) is 13.5. The van der Waals surface area contributed by atoms with E-state index in [9.17, 15) is 62.3 Å². The summed E-state index contributed by atoms with van der Waals surface area (Å²) in [6.45, 7) is 33.6.